The zero-order valence-corrected chi connectivity index (χ0v) is 10.3. The van der Waals surface area contributed by atoms with Crippen molar-refractivity contribution < 1.29 is 0 Å². The first kappa shape index (κ1) is 10.6. The maximum Gasteiger partial charge on any atom is 0.0700 e. The van der Waals surface area contributed by atoms with E-state index in [2.05, 4.69) is 40.4 Å². The quantitative estimate of drug-likeness (QED) is 0.803. The molecule has 2 heterocycles. The van der Waals surface area contributed by atoms with Gasteiger partial charge < -0.3 is 10.2 Å². The molecule has 3 rings (SSSR count). The molecule has 0 radical (unpaired) electrons. The molecule has 1 aliphatic rings. The summed E-state index contributed by atoms with van der Waals surface area (Å²) in [6, 6.07) is 6.99. The molecule has 0 bridgehead atoms. The van der Waals surface area contributed by atoms with Gasteiger partial charge in [-0.15, -0.1) is 0 Å². The molecule has 0 amide bonds. The third kappa shape index (κ3) is 1.78. The molecule has 0 aliphatic carbocycles. The van der Waals surface area contributed by atoms with Gasteiger partial charge in [0.15, 0.2) is 0 Å². The highest BCUT2D eigenvalue weighted by Crippen LogP contribution is 2.26. The lowest BCUT2D eigenvalue weighted by molar-refractivity contribution is 0.485. The van der Waals surface area contributed by atoms with Crippen LogP contribution in [-0.4, -0.2) is 35.5 Å². The van der Waals surface area contributed by atoms with E-state index >= 15 is 0 Å². The van der Waals surface area contributed by atoms with Crippen molar-refractivity contribution >= 4 is 16.6 Å². The molecular weight excluding hydrogens is 212 g/mol. The van der Waals surface area contributed by atoms with E-state index in [9.17, 15) is 0 Å². The predicted octanol–water partition coefficient (Wildman–Crippen LogP) is 1.37. The number of aromatic nitrogens is 2. The second kappa shape index (κ2) is 4.04. The fourth-order valence-electron chi connectivity index (χ4n) is 2.59. The maximum atomic E-state index is 4.34. The number of aryl methyl sites for hydroxylation is 1. The van der Waals surface area contributed by atoms with Crippen molar-refractivity contribution in [2.75, 3.05) is 24.5 Å². The lowest BCUT2D eigenvalue weighted by atomic mass is 10.1. The zero-order valence-electron chi connectivity index (χ0n) is 10.3. The summed E-state index contributed by atoms with van der Waals surface area (Å²) in [5.74, 6) is 0. The van der Waals surface area contributed by atoms with Gasteiger partial charge in [-0.25, -0.2) is 0 Å². The molecule has 4 nitrogen and oxygen atoms in total. The van der Waals surface area contributed by atoms with Gasteiger partial charge in [0, 0.05) is 43.8 Å². The molecule has 17 heavy (non-hydrogen) atoms. The van der Waals surface area contributed by atoms with Crippen LogP contribution in [0.4, 0.5) is 5.69 Å². The summed E-state index contributed by atoms with van der Waals surface area (Å²) in [6.07, 6.45) is 1.97. The Balaban J connectivity index is 2.04. The summed E-state index contributed by atoms with van der Waals surface area (Å²) in [5.41, 5.74) is 2.51. The van der Waals surface area contributed by atoms with Gasteiger partial charge in [-0.2, -0.15) is 5.10 Å². The summed E-state index contributed by atoms with van der Waals surface area (Å²) < 4.78 is 1.93. The van der Waals surface area contributed by atoms with E-state index in [4.69, 9.17) is 0 Å². The monoisotopic (exact) mass is 230 g/mol. The minimum atomic E-state index is 0.552. The van der Waals surface area contributed by atoms with E-state index in [1.807, 2.05) is 17.9 Å². The largest absolute Gasteiger partial charge is 0.368 e. The van der Waals surface area contributed by atoms with Crippen LogP contribution in [-0.2, 0) is 7.05 Å². The van der Waals surface area contributed by atoms with E-state index in [0.29, 0.717) is 6.04 Å². The highest BCUT2D eigenvalue weighted by molar-refractivity contribution is 5.91. The van der Waals surface area contributed by atoms with Crippen molar-refractivity contribution in [2.24, 2.45) is 7.05 Å². The summed E-state index contributed by atoms with van der Waals surface area (Å²) in [7, 11) is 1.99. The van der Waals surface area contributed by atoms with E-state index < -0.39 is 0 Å². The minimum absolute atomic E-state index is 0.552. The number of benzene rings is 1. The fraction of sp³-hybridized carbons (Fsp3) is 0.462. The van der Waals surface area contributed by atoms with E-state index in [-0.39, 0.29) is 0 Å². The second-order valence-electron chi connectivity index (χ2n) is 4.78. The average Bonchev–Trinajstić information content (AvgIpc) is 2.71. The second-order valence-corrected chi connectivity index (χ2v) is 4.78. The van der Waals surface area contributed by atoms with Crippen molar-refractivity contribution in [3.05, 3.63) is 24.4 Å². The van der Waals surface area contributed by atoms with Gasteiger partial charge in [0.25, 0.3) is 0 Å². The molecule has 0 spiro atoms. The van der Waals surface area contributed by atoms with Gasteiger partial charge >= 0.3 is 0 Å². The van der Waals surface area contributed by atoms with Crippen molar-refractivity contribution in [1.82, 2.24) is 15.1 Å². The summed E-state index contributed by atoms with van der Waals surface area (Å²) in [4.78, 5) is 2.45. The van der Waals surface area contributed by atoms with Gasteiger partial charge in [0.05, 0.1) is 11.7 Å². The molecule has 1 aromatic carbocycles. The Morgan fingerprint density at radius 2 is 2.29 bits per heavy atom. The molecule has 1 fully saturated rings. The molecule has 0 saturated carbocycles. The zero-order chi connectivity index (χ0) is 11.8. The van der Waals surface area contributed by atoms with Crippen LogP contribution in [0.3, 0.4) is 0 Å². The predicted molar refractivity (Wildman–Crippen MR) is 70.4 cm³/mol. The van der Waals surface area contributed by atoms with Gasteiger partial charge in [-0.1, -0.05) is 6.07 Å². The van der Waals surface area contributed by atoms with Crippen molar-refractivity contribution in [2.45, 2.75) is 13.0 Å². The van der Waals surface area contributed by atoms with Gasteiger partial charge in [-0.3, -0.25) is 4.68 Å². The van der Waals surface area contributed by atoms with Crippen LogP contribution < -0.4 is 10.2 Å². The van der Waals surface area contributed by atoms with Crippen LogP contribution in [0.2, 0.25) is 0 Å². The Kier molecular flexibility index (Phi) is 2.52. The lowest BCUT2D eigenvalue weighted by Crippen LogP contribution is -2.49. The number of piperazine rings is 1. The van der Waals surface area contributed by atoms with Gasteiger partial charge in [0.1, 0.15) is 0 Å². The normalized spacial score (nSPS) is 21.1. The third-order valence-electron chi connectivity index (χ3n) is 3.48. The smallest absolute Gasteiger partial charge is 0.0700 e. The number of nitrogens with one attached hydrogen (secondary N) is 1. The molecule has 2 aromatic rings. The Morgan fingerprint density at radius 1 is 1.41 bits per heavy atom. The first-order chi connectivity index (χ1) is 8.25. The Bertz CT molecular complexity index is 531. The molecule has 90 valence electrons. The topological polar surface area (TPSA) is 33.1 Å². The van der Waals surface area contributed by atoms with Crippen LogP contribution in [0.15, 0.2) is 24.4 Å². The molecule has 1 saturated heterocycles. The van der Waals surface area contributed by atoms with Crippen LogP contribution >= 0.6 is 0 Å². The SMILES string of the molecule is CC1CN(c2cccc3c2cnn3C)CCN1. The first-order valence-electron chi connectivity index (χ1n) is 6.15. The first-order valence-corrected chi connectivity index (χ1v) is 6.15. The number of fused-ring (bicyclic) bond motifs is 1. The van der Waals surface area contributed by atoms with Crippen LogP contribution in [0, 0.1) is 0 Å². The standard InChI is InChI=1S/C13H18N4/c1-10-9-17(7-6-14-10)13-5-3-4-12-11(13)8-15-16(12)2/h3-5,8,10,14H,6-7,9H2,1-2H3. The Hall–Kier alpha value is -1.55. The lowest BCUT2D eigenvalue weighted by Gasteiger charge is -2.34. The van der Waals surface area contributed by atoms with Crippen LogP contribution in [0.25, 0.3) is 10.9 Å². The number of hydrogen-bond acceptors (Lipinski definition) is 3. The maximum absolute atomic E-state index is 4.34. The number of hydrogen-bond donors (Lipinski definition) is 1. The number of anilines is 1. The number of nitrogens with zero attached hydrogens (tertiary/aromatic N) is 3. The Labute approximate surface area is 101 Å². The highest BCUT2D eigenvalue weighted by Gasteiger charge is 2.18. The molecule has 1 aromatic heterocycles. The molecule has 1 unspecified atom stereocenters. The molecule has 1 N–H and O–H groups in total. The summed E-state index contributed by atoms with van der Waals surface area (Å²) in [5, 5.41) is 9.07. The van der Waals surface area contributed by atoms with Crippen molar-refractivity contribution in [3.63, 3.8) is 0 Å². The Morgan fingerprint density at radius 3 is 3.12 bits per heavy atom. The third-order valence-corrected chi connectivity index (χ3v) is 3.48. The van der Waals surface area contributed by atoms with Gasteiger partial charge in [-0.05, 0) is 19.1 Å². The molecule has 4 heteroatoms. The van der Waals surface area contributed by atoms with Crippen molar-refractivity contribution in [3.8, 4) is 0 Å². The van der Waals surface area contributed by atoms with Crippen molar-refractivity contribution in [1.29, 1.82) is 0 Å². The average molecular weight is 230 g/mol. The van der Waals surface area contributed by atoms with E-state index in [1.54, 1.807) is 0 Å². The molecule has 1 atom stereocenters. The van der Waals surface area contributed by atoms with Crippen LogP contribution in [0.5, 0.6) is 0 Å². The van der Waals surface area contributed by atoms with Gasteiger partial charge in [0.2, 0.25) is 0 Å². The molecular formula is C13H18N4. The van der Waals surface area contributed by atoms with Crippen LogP contribution in [0.1, 0.15) is 6.92 Å². The summed E-state index contributed by atoms with van der Waals surface area (Å²) in [6.45, 7) is 5.42. The fourth-order valence-corrected chi connectivity index (χ4v) is 2.59. The molecule has 1 aliphatic heterocycles. The number of rotatable bonds is 1. The van der Waals surface area contributed by atoms with E-state index in [0.717, 1.165) is 19.6 Å². The van der Waals surface area contributed by atoms with E-state index in [1.165, 1.54) is 16.6 Å². The summed E-state index contributed by atoms with van der Waals surface area (Å²) >= 11 is 0. The highest BCUT2D eigenvalue weighted by atomic mass is 15.3. The minimum Gasteiger partial charge on any atom is -0.368 e.